The third kappa shape index (κ3) is 2.13. The number of fused-ring (bicyclic) bond motifs is 1. The van der Waals surface area contributed by atoms with E-state index in [0.717, 1.165) is 5.56 Å². The number of rotatable bonds is 1. The second kappa shape index (κ2) is 4.63. The molecule has 2 aromatic carbocycles. The number of hydrogen-bond donors (Lipinski definition) is 1. The van der Waals surface area contributed by atoms with Crippen LogP contribution in [0.15, 0.2) is 53.4 Å². The van der Waals surface area contributed by atoms with E-state index >= 15 is 0 Å². The number of nitriles is 1. The summed E-state index contributed by atoms with van der Waals surface area (Å²) in [5, 5.41) is 10.3. The molecule has 0 radical (unpaired) electrons. The number of hydrogen-bond acceptors (Lipinski definition) is 4. The molecule has 1 aliphatic rings. The van der Waals surface area contributed by atoms with Gasteiger partial charge >= 0.3 is 0 Å². The molecule has 0 spiro atoms. The first-order valence-corrected chi connectivity index (χ1v) is 7.46. The highest BCUT2D eigenvalue weighted by atomic mass is 32.2. The van der Waals surface area contributed by atoms with Crippen molar-refractivity contribution in [3.05, 3.63) is 59.7 Å². The van der Waals surface area contributed by atoms with Gasteiger partial charge in [-0.15, -0.1) is 4.83 Å². The van der Waals surface area contributed by atoms with E-state index in [9.17, 15) is 8.42 Å². The standard InChI is InChI=1S/C14H11N3O2S/c15-9-11-5-7-13(8-6-11)17-10-12-3-1-2-4-14(12)20(18,19)16-17/h1-8,16H,10H2. The van der Waals surface area contributed by atoms with E-state index in [1.54, 1.807) is 47.5 Å². The third-order valence-corrected chi connectivity index (χ3v) is 4.57. The van der Waals surface area contributed by atoms with Gasteiger partial charge in [-0.05, 0) is 35.9 Å². The van der Waals surface area contributed by atoms with E-state index in [-0.39, 0.29) is 0 Å². The Morgan fingerprint density at radius 2 is 1.80 bits per heavy atom. The lowest BCUT2D eigenvalue weighted by Gasteiger charge is -2.30. The number of hydrazine groups is 1. The molecule has 0 amide bonds. The van der Waals surface area contributed by atoms with Crippen LogP contribution in [0, 0.1) is 11.3 Å². The lowest BCUT2D eigenvalue weighted by Crippen LogP contribution is -2.45. The molecular formula is C14H11N3O2S. The Morgan fingerprint density at radius 1 is 1.10 bits per heavy atom. The predicted octanol–water partition coefficient (Wildman–Crippen LogP) is 1.77. The van der Waals surface area contributed by atoms with Gasteiger partial charge in [0, 0.05) is 0 Å². The van der Waals surface area contributed by atoms with Crippen molar-refractivity contribution in [1.82, 2.24) is 4.83 Å². The number of sulfonamides is 1. The van der Waals surface area contributed by atoms with Crippen molar-refractivity contribution < 1.29 is 8.42 Å². The zero-order valence-electron chi connectivity index (χ0n) is 10.4. The maximum absolute atomic E-state index is 12.2. The number of anilines is 1. The quantitative estimate of drug-likeness (QED) is 0.866. The highest BCUT2D eigenvalue weighted by Gasteiger charge is 2.27. The summed E-state index contributed by atoms with van der Waals surface area (Å²) in [6.45, 7) is 0.446. The van der Waals surface area contributed by atoms with Gasteiger partial charge in [0.2, 0.25) is 0 Å². The molecule has 0 saturated carbocycles. The number of benzene rings is 2. The molecule has 0 aromatic heterocycles. The number of nitrogens with one attached hydrogen (secondary N) is 1. The molecule has 1 N–H and O–H groups in total. The van der Waals surface area contributed by atoms with Crippen molar-refractivity contribution in [3.63, 3.8) is 0 Å². The van der Waals surface area contributed by atoms with Crippen molar-refractivity contribution in [2.45, 2.75) is 11.4 Å². The van der Waals surface area contributed by atoms with Gasteiger partial charge in [-0.25, -0.2) is 8.42 Å². The smallest absolute Gasteiger partial charge is 0.257 e. The van der Waals surface area contributed by atoms with E-state index in [1.807, 2.05) is 12.1 Å². The van der Waals surface area contributed by atoms with Crippen molar-refractivity contribution >= 4 is 15.7 Å². The van der Waals surface area contributed by atoms with E-state index in [1.165, 1.54) is 0 Å². The Kier molecular flexibility index (Phi) is 2.93. The van der Waals surface area contributed by atoms with Crippen LogP contribution in [0.5, 0.6) is 0 Å². The molecule has 1 aliphatic heterocycles. The Hall–Kier alpha value is -2.36. The van der Waals surface area contributed by atoms with Gasteiger partial charge in [0.25, 0.3) is 10.0 Å². The predicted molar refractivity (Wildman–Crippen MR) is 74.1 cm³/mol. The summed E-state index contributed by atoms with van der Waals surface area (Å²) < 4.78 is 24.3. The summed E-state index contributed by atoms with van der Waals surface area (Å²) in [4.78, 5) is 2.84. The van der Waals surface area contributed by atoms with Crippen LogP contribution < -0.4 is 9.84 Å². The maximum Gasteiger partial charge on any atom is 0.257 e. The Balaban J connectivity index is 2.00. The average Bonchev–Trinajstić information content (AvgIpc) is 2.47. The van der Waals surface area contributed by atoms with E-state index < -0.39 is 10.0 Å². The summed E-state index contributed by atoms with van der Waals surface area (Å²) in [7, 11) is -3.54. The van der Waals surface area contributed by atoms with Gasteiger partial charge < -0.3 is 0 Å². The molecule has 6 heteroatoms. The molecule has 0 bridgehead atoms. The van der Waals surface area contributed by atoms with Crippen LogP contribution in [-0.4, -0.2) is 8.42 Å². The van der Waals surface area contributed by atoms with Crippen molar-refractivity contribution in [1.29, 1.82) is 5.26 Å². The first kappa shape index (κ1) is 12.7. The first-order valence-electron chi connectivity index (χ1n) is 5.98. The molecule has 5 nitrogen and oxygen atoms in total. The number of nitrogens with zero attached hydrogens (tertiary/aromatic N) is 2. The summed E-state index contributed by atoms with van der Waals surface area (Å²) in [5.41, 5.74) is 1.98. The normalized spacial score (nSPS) is 16.2. The summed E-state index contributed by atoms with van der Waals surface area (Å²) in [6.07, 6.45) is 0. The van der Waals surface area contributed by atoms with Crippen molar-refractivity contribution in [2.24, 2.45) is 0 Å². The van der Waals surface area contributed by atoms with Crippen LogP contribution in [0.2, 0.25) is 0 Å². The van der Waals surface area contributed by atoms with E-state index in [0.29, 0.717) is 22.7 Å². The summed E-state index contributed by atoms with van der Waals surface area (Å²) in [6, 6.07) is 15.7. The van der Waals surface area contributed by atoms with Crippen LogP contribution in [-0.2, 0) is 16.6 Å². The monoisotopic (exact) mass is 285 g/mol. The van der Waals surface area contributed by atoms with Crippen LogP contribution in [0.3, 0.4) is 0 Å². The second-order valence-corrected chi connectivity index (χ2v) is 6.08. The minimum atomic E-state index is -3.54. The molecule has 2 aromatic rings. The van der Waals surface area contributed by atoms with Crippen molar-refractivity contribution in [2.75, 3.05) is 5.01 Å². The minimum Gasteiger partial charge on any atom is -0.290 e. The minimum absolute atomic E-state index is 0.310. The lowest BCUT2D eigenvalue weighted by atomic mass is 10.2. The largest absolute Gasteiger partial charge is 0.290 e. The van der Waals surface area contributed by atoms with Crippen molar-refractivity contribution in [3.8, 4) is 6.07 Å². The van der Waals surface area contributed by atoms with E-state index in [4.69, 9.17) is 5.26 Å². The summed E-state index contributed by atoms with van der Waals surface area (Å²) in [5.74, 6) is 0. The van der Waals surface area contributed by atoms with Gasteiger partial charge in [0.05, 0.1) is 28.8 Å². The summed E-state index contributed by atoms with van der Waals surface area (Å²) >= 11 is 0. The fourth-order valence-corrected chi connectivity index (χ4v) is 3.45. The van der Waals surface area contributed by atoms with Gasteiger partial charge in [-0.3, -0.25) is 5.01 Å². The molecule has 0 aliphatic carbocycles. The molecule has 100 valence electrons. The first-order chi connectivity index (χ1) is 9.60. The fraction of sp³-hybridized carbons (Fsp3) is 0.0714. The molecule has 0 unspecified atom stereocenters. The highest BCUT2D eigenvalue weighted by Crippen LogP contribution is 2.25. The van der Waals surface area contributed by atoms with Crippen LogP contribution in [0.1, 0.15) is 11.1 Å². The Morgan fingerprint density at radius 3 is 2.50 bits per heavy atom. The molecule has 3 rings (SSSR count). The average molecular weight is 285 g/mol. The molecule has 0 fully saturated rings. The second-order valence-electron chi connectivity index (χ2n) is 4.45. The molecule has 20 heavy (non-hydrogen) atoms. The molecule has 0 saturated heterocycles. The lowest BCUT2D eigenvalue weighted by molar-refractivity contribution is 0.564. The SMILES string of the molecule is N#Cc1ccc(N2Cc3ccccc3S(=O)(=O)N2)cc1. The zero-order chi connectivity index (χ0) is 14.2. The third-order valence-electron chi connectivity index (χ3n) is 3.13. The van der Waals surface area contributed by atoms with Crippen LogP contribution >= 0.6 is 0 Å². The van der Waals surface area contributed by atoms with Crippen LogP contribution in [0.4, 0.5) is 5.69 Å². The van der Waals surface area contributed by atoms with Gasteiger partial charge in [0.1, 0.15) is 0 Å². The van der Waals surface area contributed by atoms with Gasteiger partial charge in [0.15, 0.2) is 0 Å². The topological polar surface area (TPSA) is 73.2 Å². The van der Waals surface area contributed by atoms with Gasteiger partial charge in [-0.2, -0.15) is 5.26 Å². The Bertz CT molecular complexity index is 792. The molecule has 0 atom stereocenters. The highest BCUT2D eigenvalue weighted by molar-refractivity contribution is 7.89. The molecular weight excluding hydrogens is 274 g/mol. The zero-order valence-corrected chi connectivity index (χ0v) is 11.3. The van der Waals surface area contributed by atoms with E-state index in [2.05, 4.69) is 4.83 Å². The Labute approximate surface area is 117 Å². The molecule has 1 heterocycles. The maximum atomic E-state index is 12.2. The van der Waals surface area contributed by atoms with Gasteiger partial charge in [-0.1, -0.05) is 18.2 Å². The fourth-order valence-electron chi connectivity index (χ4n) is 2.15. The van der Waals surface area contributed by atoms with Crippen LogP contribution in [0.25, 0.3) is 0 Å².